The summed E-state index contributed by atoms with van der Waals surface area (Å²) in [4.78, 5) is 9.53. The van der Waals surface area contributed by atoms with E-state index >= 15 is 0 Å². The molecule has 1 atom stereocenters. The van der Waals surface area contributed by atoms with Gasteiger partial charge in [0.15, 0.2) is 0 Å². The highest BCUT2D eigenvalue weighted by Gasteiger charge is 2.00. The molecule has 0 aliphatic carbocycles. The average molecular weight is 172 g/mol. The molecule has 0 aliphatic rings. The summed E-state index contributed by atoms with van der Waals surface area (Å²) in [6.07, 6.45) is 7.96. The van der Waals surface area contributed by atoms with Crippen molar-refractivity contribution >= 4 is 8.05 Å². The molecule has 0 radical (unpaired) electrons. The summed E-state index contributed by atoms with van der Waals surface area (Å²) in [7, 11) is 1.56. The summed E-state index contributed by atoms with van der Waals surface area (Å²) >= 11 is 0. The van der Waals surface area contributed by atoms with Gasteiger partial charge in [0, 0.05) is 0 Å². The standard InChI is InChI=1S/C9H21BO2/c1-3-4-5-6-7-8-9(2)11-12-10/h9H,3-8,10H2,1-2H3. The average Bonchev–Trinajstić information content (AvgIpc) is 2.05. The fourth-order valence-electron chi connectivity index (χ4n) is 1.25. The first-order valence-corrected chi connectivity index (χ1v) is 5.00. The van der Waals surface area contributed by atoms with Crippen LogP contribution in [0.5, 0.6) is 0 Å². The van der Waals surface area contributed by atoms with Crippen LogP contribution < -0.4 is 0 Å². The SMILES string of the molecule is BOOC(C)CCCCCCC. The molecule has 3 heteroatoms. The smallest absolute Gasteiger partial charge is 0.306 e. The van der Waals surface area contributed by atoms with E-state index in [9.17, 15) is 0 Å². The van der Waals surface area contributed by atoms with E-state index in [1.54, 1.807) is 8.05 Å². The van der Waals surface area contributed by atoms with Crippen LogP contribution in [0.15, 0.2) is 0 Å². The molecule has 0 aromatic rings. The van der Waals surface area contributed by atoms with E-state index in [4.69, 9.17) is 4.89 Å². The van der Waals surface area contributed by atoms with Crippen molar-refractivity contribution in [3.63, 3.8) is 0 Å². The zero-order valence-corrected chi connectivity index (χ0v) is 8.64. The lowest BCUT2D eigenvalue weighted by Crippen LogP contribution is -2.07. The highest BCUT2D eigenvalue weighted by molar-refractivity contribution is 5.97. The van der Waals surface area contributed by atoms with E-state index in [2.05, 4.69) is 11.7 Å². The second kappa shape index (κ2) is 9.08. The van der Waals surface area contributed by atoms with Crippen LogP contribution in [0.25, 0.3) is 0 Å². The second-order valence-electron chi connectivity index (χ2n) is 3.28. The van der Waals surface area contributed by atoms with Crippen LogP contribution >= 0.6 is 0 Å². The van der Waals surface area contributed by atoms with E-state index in [-0.39, 0.29) is 6.10 Å². The third-order valence-electron chi connectivity index (χ3n) is 1.97. The molecule has 0 aromatic carbocycles. The first kappa shape index (κ1) is 12.0. The lowest BCUT2D eigenvalue weighted by Gasteiger charge is -2.09. The van der Waals surface area contributed by atoms with Gasteiger partial charge in [-0.3, -0.25) is 4.89 Å². The summed E-state index contributed by atoms with van der Waals surface area (Å²) in [5.41, 5.74) is 0. The summed E-state index contributed by atoms with van der Waals surface area (Å²) < 4.78 is 0. The number of rotatable bonds is 8. The van der Waals surface area contributed by atoms with Gasteiger partial charge in [-0.15, -0.1) is 0 Å². The van der Waals surface area contributed by atoms with Gasteiger partial charge in [-0.1, -0.05) is 39.0 Å². The molecule has 2 nitrogen and oxygen atoms in total. The lowest BCUT2D eigenvalue weighted by molar-refractivity contribution is -0.239. The highest BCUT2D eigenvalue weighted by Crippen LogP contribution is 2.08. The van der Waals surface area contributed by atoms with Crippen LogP contribution in [0.4, 0.5) is 0 Å². The zero-order chi connectivity index (χ0) is 9.23. The molecule has 12 heavy (non-hydrogen) atoms. The minimum atomic E-state index is 0.247. The van der Waals surface area contributed by atoms with Crippen LogP contribution in [0.3, 0.4) is 0 Å². The monoisotopic (exact) mass is 172 g/mol. The van der Waals surface area contributed by atoms with Crippen LogP contribution in [0, 0.1) is 0 Å². The Balaban J connectivity index is 2.97. The van der Waals surface area contributed by atoms with Crippen molar-refractivity contribution in [2.45, 2.75) is 58.5 Å². The Labute approximate surface area is 77.0 Å². The highest BCUT2D eigenvalue weighted by atomic mass is 17.2. The molecular weight excluding hydrogens is 151 g/mol. The Morgan fingerprint density at radius 1 is 1.17 bits per heavy atom. The number of unbranched alkanes of at least 4 members (excludes halogenated alkanes) is 4. The van der Waals surface area contributed by atoms with Crippen LogP contribution in [0.1, 0.15) is 52.4 Å². The van der Waals surface area contributed by atoms with Gasteiger partial charge >= 0.3 is 8.05 Å². The van der Waals surface area contributed by atoms with Crippen molar-refractivity contribution in [2.75, 3.05) is 0 Å². The normalized spacial score (nSPS) is 13.2. The van der Waals surface area contributed by atoms with E-state index in [0.717, 1.165) is 6.42 Å². The Kier molecular flexibility index (Phi) is 9.06. The van der Waals surface area contributed by atoms with Gasteiger partial charge in [0.05, 0.1) is 6.10 Å². The topological polar surface area (TPSA) is 18.5 Å². The molecule has 0 rings (SSSR count). The van der Waals surface area contributed by atoms with Gasteiger partial charge in [0.2, 0.25) is 0 Å². The maximum Gasteiger partial charge on any atom is 0.306 e. The molecular formula is C9H21BO2. The summed E-state index contributed by atoms with van der Waals surface area (Å²) in [6, 6.07) is 0. The minimum absolute atomic E-state index is 0.247. The Bertz CT molecular complexity index is 88.6. The molecule has 0 N–H and O–H groups in total. The molecule has 0 heterocycles. The molecule has 0 spiro atoms. The maximum atomic E-state index is 4.95. The van der Waals surface area contributed by atoms with E-state index < -0.39 is 0 Å². The van der Waals surface area contributed by atoms with Crippen LogP contribution in [-0.2, 0) is 9.69 Å². The van der Waals surface area contributed by atoms with Crippen LogP contribution in [0.2, 0.25) is 0 Å². The molecule has 0 fully saturated rings. The molecule has 0 aromatic heterocycles. The number of hydrogen-bond acceptors (Lipinski definition) is 2. The van der Waals surface area contributed by atoms with Crippen molar-refractivity contribution in [2.24, 2.45) is 0 Å². The van der Waals surface area contributed by atoms with Crippen LogP contribution in [-0.4, -0.2) is 14.2 Å². The molecule has 72 valence electrons. The molecule has 0 saturated heterocycles. The Morgan fingerprint density at radius 2 is 1.83 bits per heavy atom. The fraction of sp³-hybridized carbons (Fsp3) is 1.00. The van der Waals surface area contributed by atoms with Crippen molar-refractivity contribution in [3.05, 3.63) is 0 Å². The zero-order valence-electron chi connectivity index (χ0n) is 8.64. The first-order chi connectivity index (χ1) is 5.81. The summed E-state index contributed by atoms with van der Waals surface area (Å²) in [5.74, 6) is 0. The second-order valence-corrected chi connectivity index (χ2v) is 3.28. The third kappa shape index (κ3) is 8.09. The van der Waals surface area contributed by atoms with Gasteiger partial charge in [0.1, 0.15) is 0 Å². The molecule has 0 amide bonds. The fourth-order valence-corrected chi connectivity index (χ4v) is 1.25. The molecule has 1 unspecified atom stereocenters. The largest absolute Gasteiger partial charge is 0.314 e. The van der Waals surface area contributed by atoms with E-state index in [0.29, 0.717) is 0 Å². The molecule has 0 bridgehead atoms. The predicted molar refractivity (Wildman–Crippen MR) is 53.6 cm³/mol. The van der Waals surface area contributed by atoms with Gasteiger partial charge in [-0.05, 0) is 13.3 Å². The Hall–Kier alpha value is -0.0151. The summed E-state index contributed by atoms with van der Waals surface area (Å²) in [5, 5.41) is 0. The van der Waals surface area contributed by atoms with E-state index in [1.807, 2.05) is 6.92 Å². The minimum Gasteiger partial charge on any atom is -0.314 e. The van der Waals surface area contributed by atoms with Crippen molar-refractivity contribution in [3.8, 4) is 0 Å². The predicted octanol–water partition coefficient (Wildman–Crippen LogP) is 2.23. The summed E-state index contributed by atoms with van der Waals surface area (Å²) in [6.45, 7) is 4.28. The maximum absolute atomic E-state index is 4.95. The number of hydrogen-bond donors (Lipinski definition) is 0. The molecule has 0 aliphatic heterocycles. The van der Waals surface area contributed by atoms with E-state index in [1.165, 1.54) is 32.1 Å². The van der Waals surface area contributed by atoms with Gasteiger partial charge < -0.3 is 4.81 Å². The van der Waals surface area contributed by atoms with Gasteiger partial charge in [-0.25, -0.2) is 0 Å². The lowest BCUT2D eigenvalue weighted by atomic mass is 10.1. The first-order valence-electron chi connectivity index (χ1n) is 5.00. The van der Waals surface area contributed by atoms with Crippen molar-refractivity contribution in [1.82, 2.24) is 0 Å². The van der Waals surface area contributed by atoms with Crippen molar-refractivity contribution in [1.29, 1.82) is 0 Å². The van der Waals surface area contributed by atoms with Gasteiger partial charge in [0.25, 0.3) is 0 Å². The Morgan fingerprint density at radius 3 is 2.42 bits per heavy atom. The quantitative estimate of drug-likeness (QED) is 0.242. The molecule has 0 saturated carbocycles. The third-order valence-corrected chi connectivity index (χ3v) is 1.97. The van der Waals surface area contributed by atoms with Crippen molar-refractivity contribution < 1.29 is 9.69 Å². The van der Waals surface area contributed by atoms with Gasteiger partial charge in [-0.2, -0.15) is 0 Å².